The van der Waals surface area contributed by atoms with Crippen LogP contribution in [0.25, 0.3) is 0 Å². The Hall–Kier alpha value is -2.38. The number of nitrogens with one attached hydrogen (secondary N) is 2. The van der Waals surface area contributed by atoms with Crippen LogP contribution < -0.4 is 10.6 Å². The van der Waals surface area contributed by atoms with E-state index in [9.17, 15) is 14.0 Å². The van der Waals surface area contributed by atoms with Crippen LogP contribution in [0.15, 0.2) is 54.6 Å². The van der Waals surface area contributed by atoms with Gasteiger partial charge in [-0.3, -0.25) is 9.59 Å². The first-order valence-electron chi connectivity index (χ1n) is 10.1. The fraction of sp³-hybridized carbons (Fsp3) is 0.391. The van der Waals surface area contributed by atoms with Gasteiger partial charge in [-0.25, -0.2) is 4.39 Å². The Bertz CT molecular complexity index is 832. The van der Waals surface area contributed by atoms with Crippen molar-refractivity contribution in [3.63, 3.8) is 0 Å². The summed E-state index contributed by atoms with van der Waals surface area (Å²) >= 11 is 1.46. The summed E-state index contributed by atoms with van der Waals surface area (Å²) in [5, 5.41) is 5.40. The Kier molecular flexibility index (Phi) is 8.28. The van der Waals surface area contributed by atoms with Gasteiger partial charge in [0.2, 0.25) is 11.8 Å². The Labute approximate surface area is 180 Å². The number of thioether (sulfide) groups is 1. The zero-order valence-electron chi connectivity index (χ0n) is 17.0. The van der Waals surface area contributed by atoms with E-state index < -0.39 is 6.04 Å². The lowest BCUT2D eigenvalue weighted by Gasteiger charge is -2.28. The summed E-state index contributed by atoms with van der Waals surface area (Å²) in [7, 11) is 0. The average Bonchev–Trinajstić information content (AvgIpc) is 2.76. The molecule has 7 heteroatoms. The fourth-order valence-electron chi connectivity index (χ4n) is 3.21. The second-order valence-electron chi connectivity index (χ2n) is 7.28. The van der Waals surface area contributed by atoms with Gasteiger partial charge >= 0.3 is 0 Å². The van der Waals surface area contributed by atoms with Crippen LogP contribution in [-0.2, 0) is 20.7 Å². The Morgan fingerprint density at radius 3 is 2.67 bits per heavy atom. The molecular weight excluding hydrogens is 403 g/mol. The molecule has 1 aliphatic heterocycles. The third kappa shape index (κ3) is 6.57. The average molecular weight is 431 g/mol. The second-order valence-corrected chi connectivity index (χ2v) is 8.52. The molecule has 1 heterocycles. The van der Waals surface area contributed by atoms with Crippen LogP contribution in [0.1, 0.15) is 30.6 Å². The highest BCUT2D eigenvalue weighted by Gasteiger charge is 2.32. The summed E-state index contributed by atoms with van der Waals surface area (Å²) < 4.78 is 18.8. The van der Waals surface area contributed by atoms with E-state index in [4.69, 9.17) is 4.74 Å². The molecule has 0 aliphatic carbocycles. The number of rotatable bonds is 9. The van der Waals surface area contributed by atoms with Crippen molar-refractivity contribution in [3.8, 4) is 0 Å². The maximum absolute atomic E-state index is 13.0. The standard InChI is InChI=1S/C23H27FN2O3S/c1-16(18-6-3-2-4-7-18)29-13-5-12-25-22(27)20-15-30-21(23(28)26-20)14-17-8-10-19(24)11-9-17/h2-4,6-11,16,20-21H,5,12-15H2,1H3,(H,25,27)(H,26,28). The molecule has 0 saturated carbocycles. The lowest BCUT2D eigenvalue weighted by molar-refractivity contribution is -0.128. The summed E-state index contributed by atoms with van der Waals surface area (Å²) in [6.45, 7) is 3.04. The molecule has 2 amide bonds. The van der Waals surface area contributed by atoms with E-state index in [1.165, 1.54) is 23.9 Å². The highest BCUT2D eigenvalue weighted by atomic mass is 32.2. The van der Waals surface area contributed by atoms with E-state index in [-0.39, 0.29) is 29.0 Å². The molecular formula is C23H27FN2O3S. The molecule has 0 radical (unpaired) electrons. The van der Waals surface area contributed by atoms with Crippen molar-refractivity contribution >= 4 is 23.6 Å². The van der Waals surface area contributed by atoms with Crippen LogP contribution >= 0.6 is 11.8 Å². The molecule has 1 aliphatic rings. The molecule has 0 spiro atoms. The molecule has 2 aromatic rings. The van der Waals surface area contributed by atoms with Crippen molar-refractivity contribution in [2.75, 3.05) is 18.9 Å². The largest absolute Gasteiger partial charge is 0.374 e. The van der Waals surface area contributed by atoms with Crippen LogP contribution in [0.3, 0.4) is 0 Å². The molecule has 160 valence electrons. The molecule has 1 fully saturated rings. The van der Waals surface area contributed by atoms with Gasteiger partial charge in [-0.1, -0.05) is 42.5 Å². The molecule has 0 aromatic heterocycles. The third-order valence-corrected chi connectivity index (χ3v) is 6.29. The normalized spacial score (nSPS) is 19.7. The molecule has 2 N–H and O–H groups in total. The molecule has 0 bridgehead atoms. The number of amides is 2. The number of benzene rings is 2. The van der Waals surface area contributed by atoms with E-state index in [0.717, 1.165) is 11.1 Å². The van der Waals surface area contributed by atoms with Gasteiger partial charge in [0.15, 0.2) is 0 Å². The second kappa shape index (κ2) is 11.1. The van der Waals surface area contributed by atoms with Gasteiger partial charge in [0.1, 0.15) is 11.9 Å². The maximum Gasteiger partial charge on any atom is 0.243 e. The van der Waals surface area contributed by atoms with Gasteiger partial charge in [0.05, 0.1) is 11.4 Å². The van der Waals surface area contributed by atoms with Crippen molar-refractivity contribution in [3.05, 3.63) is 71.5 Å². The van der Waals surface area contributed by atoms with E-state index >= 15 is 0 Å². The summed E-state index contributed by atoms with van der Waals surface area (Å²) in [4.78, 5) is 24.7. The van der Waals surface area contributed by atoms with Crippen molar-refractivity contribution in [1.29, 1.82) is 0 Å². The first-order chi connectivity index (χ1) is 14.5. The number of ether oxygens (including phenoxy) is 1. The highest BCUT2D eigenvalue weighted by molar-refractivity contribution is 8.00. The van der Waals surface area contributed by atoms with Crippen molar-refractivity contribution < 1.29 is 18.7 Å². The molecule has 3 atom stereocenters. The predicted molar refractivity (Wildman–Crippen MR) is 117 cm³/mol. The first-order valence-corrected chi connectivity index (χ1v) is 11.2. The van der Waals surface area contributed by atoms with Crippen molar-refractivity contribution in [2.24, 2.45) is 0 Å². The Morgan fingerprint density at radius 2 is 1.97 bits per heavy atom. The van der Waals surface area contributed by atoms with Crippen LogP contribution in [0.4, 0.5) is 4.39 Å². The van der Waals surface area contributed by atoms with Gasteiger partial charge in [-0.15, -0.1) is 11.8 Å². The van der Waals surface area contributed by atoms with Gasteiger partial charge in [-0.05, 0) is 43.0 Å². The van der Waals surface area contributed by atoms with Gasteiger partial charge < -0.3 is 15.4 Å². The first kappa shape index (κ1) is 22.3. The van der Waals surface area contributed by atoms with E-state index in [1.54, 1.807) is 12.1 Å². The van der Waals surface area contributed by atoms with Gasteiger partial charge in [-0.2, -0.15) is 0 Å². The predicted octanol–water partition coefficient (Wildman–Crippen LogP) is 3.25. The van der Waals surface area contributed by atoms with Crippen LogP contribution in [0.2, 0.25) is 0 Å². The summed E-state index contributed by atoms with van der Waals surface area (Å²) in [6, 6.07) is 15.6. The molecule has 5 nitrogen and oxygen atoms in total. The number of halogens is 1. The van der Waals surface area contributed by atoms with Crippen LogP contribution in [0, 0.1) is 5.82 Å². The highest BCUT2D eigenvalue weighted by Crippen LogP contribution is 2.22. The Balaban J connectivity index is 1.33. The number of carbonyl (C=O) groups excluding carboxylic acids is 2. The zero-order chi connectivity index (χ0) is 21.3. The van der Waals surface area contributed by atoms with E-state index in [1.807, 2.05) is 37.3 Å². The third-order valence-electron chi connectivity index (χ3n) is 4.98. The SMILES string of the molecule is CC(OCCCNC(=O)C1CSC(Cc2ccc(F)cc2)C(=O)N1)c1ccccc1. The summed E-state index contributed by atoms with van der Waals surface area (Å²) in [5.41, 5.74) is 2.02. The van der Waals surface area contributed by atoms with Crippen molar-refractivity contribution in [1.82, 2.24) is 10.6 Å². The summed E-state index contributed by atoms with van der Waals surface area (Å²) in [6.07, 6.45) is 1.22. The quantitative estimate of drug-likeness (QED) is 0.600. The molecule has 3 unspecified atom stereocenters. The molecule has 30 heavy (non-hydrogen) atoms. The molecule has 1 saturated heterocycles. The smallest absolute Gasteiger partial charge is 0.243 e. The van der Waals surface area contributed by atoms with E-state index in [0.29, 0.717) is 31.7 Å². The summed E-state index contributed by atoms with van der Waals surface area (Å²) in [5.74, 6) is -0.107. The lowest BCUT2D eigenvalue weighted by atomic mass is 10.1. The minimum Gasteiger partial charge on any atom is -0.374 e. The Morgan fingerprint density at radius 1 is 1.23 bits per heavy atom. The molecule has 2 aromatic carbocycles. The minimum atomic E-state index is -0.531. The zero-order valence-corrected chi connectivity index (χ0v) is 17.8. The van der Waals surface area contributed by atoms with Crippen molar-refractivity contribution in [2.45, 2.75) is 37.2 Å². The number of hydrogen-bond donors (Lipinski definition) is 2. The number of hydrogen-bond acceptors (Lipinski definition) is 4. The fourth-order valence-corrected chi connectivity index (χ4v) is 4.40. The lowest BCUT2D eigenvalue weighted by Crippen LogP contribution is -2.54. The maximum atomic E-state index is 13.0. The minimum absolute atomic E-state index is 0.00831. The van der Waals surface area contributed by atoms with Gasteiger partial charge in [0, 0.05) is 18.9 Å². The van der Waals surface area contributed by atoms with E-state index in [2.05, 4.69) is 10.6 Å². The molecule has 3 rings (SSSR count). The number of carbonyl (C=O) groups is 2. The monoisotopic (exact) mass is 430 g/mol. The topological polar surface area (TPSA) is 67.4 Å². The van der Waals surface area contributed by atoms with Crippen LogP contribution in [0.5, 0.6) is 0 Å². The van der Waals surface area contributed by atoms with Gasteiger partial charge in [0.25, 0.3) is 0 Å². The van der Waals surface area contributed by atoms with Crippen LogP contribution in [-0.4, -0.2) is 42.0 Å².